The molecule has 3 N–H and O–H groups in total. The van der Waals surface area contributed by atoms with Crippen LogP contribution in [0.4, 0.5) is 5.82 Å². The van der Waals surface area contributed by atoms with Gasteiger partial charge in [-0.1, -0.05) is 19.1 Å². The first-order valence-corrected chi connectivity index (χ1v) is 26.9. The van der Waals surface area contributed by atoms with Crippen molar-refractivity contribution in [2.75, 3.05) is 45.0 Å². The van der Waals surface area contributed by atoms with Crippen LogP contribution in [0.2, 0.25) is 0 Å². The maximum absolute atomic E-state index is 13.9. The number of fused-ring (bicyclic) bond motifs is 2. The number of nitrogens with one attached hydrogen (secondary N) is 1. The number of imide groups is 1. The zero-order valence-corrected chi connectivity index (χ0v) is 42.3. The normalized spacial score (nSPS) is 22.9. The van der Waals surface area contributed by atoms with Crippen molar-refractivity contribution in [3.63, 3.8) is 0 Å². The molecule has 3 amide bonds. The number of pyridine rings is 2. The first-order chi connectivity index (χ1) is 35.0. The Hall–Kier alpha value is -6.47. The highest BCUT2D eigenvalue weighted by molar-refractivity contribution is 6.00. The highest BCUT2D eigenvalue weighted by Gasteiger charge is 2.36. The summed E-state index contributed by atoms with van der Waals surface area (Å²) in [6, 6.07) is 25.0. The highest BCUT2D eigenvalue weighted by Crippen LogP contribution is 2.39. The van der Waals surface area contributed by atoms with Crippen molar-refractivity contribution in [2.45, 2.75) is 122 Å². The van der Waals surface area contributed by atoms with Crippen LogP contribution in [0, 0.1) is 24.7 Å². The van der Waals surface area contributed by atoms with Crippen LogP contribution in [0.3, 0.4) is 0 Å². The number of nitrogen functional groups attached to an aromatic ring is 1. The molecule has 4 saturated heterocycles. The highest BCUT2D eigenvalue weighted by atomic mass is 16.2. The number of amides is 3. The summed E-state index contributed by atoms with van der Waals surface area (Å²) in [5.74, 6) is 2.36. The van der Waals surface area contributed by atoms with Gasteiger partial charge in [0.2, 0.25) is 11.8 Å². The summed E-state index contributed by atoms with van der Waals surface area (Å²) in [5.41, 5.74) is 16.3. The SMILES string of the molecule is CC[C@@H]1CC(CC2CCN(C(=O)c3ccc(C4CCN([C@@H](C)c5cc6c(-c7ccc(N)nc7)ccnc6cc5C)CC4)cc3)CC2)CC[N+](=Cc2ccc3c(c2)n(C2CC2)c(=O)n3C2CCC(=O)NC2=O)C1. The Morgan fingerprint density at radius 2 is 1.62 bits per heavy atom. The maximum Gasteiger partial charge on any atom is 0.330 e. The predicted octanol–water partition coefficient (Wildman–Crippen LogP) is 9.37. The summed E-state index contributed by atoms with van der Waals surface area (Å²) in [7, 11) is 0. The number of hydrogen-bond donors (Lipinski definition) is 2. The number of anilines is 1. The van der Waals surface area contributed by atoms with Gasteiger partial charge < -0.3 is 10.6 Å². The summed E-state index contributed by atoms with van der Waals surface area (Å²) < 4.78 is 6.00. The molecule has 13 nitrogen and oxygen atoms in total. The predicted molar refractivity (Wildman–Crippen MR) is 283 cm³/mol. The molecular weight excluding hydrogens is 899 g/mol. The van der Waals surface area contributed by atoms with E-state index in [1.165, 1.54) is 29.5 Å². The Labute approximate surface area is 422 Å². The average molecular weight is 969 g/mol. The molecule has 0 radical (unpaired) electrons. The fourth-order valence-electron chi connectivity index (χ4n) is 12.8. The largest absolute Gasteiger partial charge is 0.384 e. The number of nitrogens with zero attached hydrogens (tertiary/aromatic N) is 7. The number of rotatable bonds is 11. The van der Waals surface area contributed by atoms with Gasteiger partial charge in [0.25, 0.3) is 5.91 Å². The van der Waals surface area contributed by atoms with Gasteiger partial charge in [0.15, 0.2) is 6.21 Å². The van der Waals surface area contributed by atoms with E-state index >= 15 is 0 Å². The lowest BCUT2D eigenvalue weighted by Crippen LogP contribution is -2.44. The van der Waals surface area contributed by atoms with Gasteiger partial charge in [0.05, 0.1) is 16.6 Å². The first-order valence-electron chi connectivity index (χ1n) is 26.9. The van der Waals surface area contributed by atoms with Crippen LogP contribution in [0.1, 0.15) is 148 Å². The lowest BCUT2D eigenvalue weighted by Gasteiger charge is -2.37. The molecule has 11 rings (SSSR count). The number of carbonyl (C=O) groups excluding carboxylic acids is 3. The van der Waals surface area contributed by atoms with Gasteiger partial charge in [0.1, 0.15) is 24.9 Å². The molecule has 7 heterocycles. The van der Waals surface area contributed by atoms with Gasteiger partial charge in [-0.3, -0.25) is 38.7 Å². The Morgan fingerprint density at radius 1 is 0.833 bits per heavy atom. The molecule has 3 aromatic carbocycles. The standard InChI is InChI=1S/C59H69N9O4/c1-4-39-30-41(18-24-64(35-39)36-42-5-13-52-54(32-42)67(47-11-12-47)59(72)68(52)53-14-16-56(69)63-57(53)70)31-40-19-25-66(26-20-40)58(71)45-8-6-43(7-9-45)44-21-27-65(28-22-44)38(3)49-33-50-48(46-10-15-55(60)62-34-46)17-23-61-51(50)29-37(49)2/h5-10,13,15,17,23,29,32-34,36,38-41,44,47,53H,4,11-12,14,16,18-22,24-28,30-31,35H2,1-3H3,(H2-,60,61,62,63,69,70)/p+1/t38-,39+,41?,53?/m0/s1. The van der Waals surface area contributed by atoms with Crippen molar-refractivity contribution in [2.24, 2.45) is 17.8 Å². The summed E-state index contributed by atoms with van der Waals surface area (Å²) >= 11 is 0. The summed E-state index contributed by atoms with van der Waals surface area (Å²) in [5, 5.41) is 3.57. The Bertz CT molecular complexity index is 3100. The van der Waals surface area contributed by atoms with Crippen molar-refractivity contribution >= 4 is 51.7 Å². The van der Waals surface area contributed by atoms with Gasteiger partial charge in [0, 0.05) is 78.4 Å². The maximum atomic E-state index is 13.9. The quantitative estimate of drug-likeness (QED) is 0.0964. The van der Waals surface area contributed by atoms with Crippen LogP contribution >= 0.6 is 0 Å². The number of benzene rings is 3. The number of nitrogens with two attached hydrogens (primary N) is 1. The minimum absolute atomic E-state index is 0.155. The fourth-order valence-corrected chi connectivity index (χ4v) is 12.8. The number of aryl methyl sites for hydroxylation is 1. The second kappa shape index (κ2) is 20.2. The molecule has 0 spiro atoms. The van der Waals surface area contributed by atoms with E-state index in [-0.39, 0.29) is 36.0 Å². The zero-order chi connectivity index (χ0) is 49.6. The molecule has 5 aliphatic rings. The minimum Gasteiger partial charge on any atom is -0.384 e. The monoisotopic (exact) mass is 969 g/mol. The van der Waals surface area contributed by atoms with E-state index in [9.17, 15) is 19.2 Å². The van der Waals surface area contributed by atoms with E-state index in [1.54, 1.807) is 4.57 Å². The number of likely N-dealkylation sites (tertiary alicyclic amines) is 2. The summed E-state index contributed by atoms with van der Waals surface area (Å²) in [6.45, 7) is 12.5. The second-order valence-electron chi connectivity index (χ2n) is 21.9. The van der Waals surface area contributed by atoms with Crippen molar-refractivity contribution in [1.82, 2.24) is 34.2 Å². The van der Waals surface area contributed by atoms with Gasteiger partial charge in [-0.2, -0.15) is 0 Å². The number of aromatic nitrogens is 4. The molecule has 374 valence electrons. The van der Waals surface area contributed by atoms with E-state index < -0.39 is 11.9 Å². The fraction of sp³-hybridized carbons (Fsp3) is 0.475. The van der Waals surface area contributed by atoms with Crippen molar-refractivity contribution in [1.29, 1.82) is 0 Å². The molecule has 1 saturated carbocycles. The Kier molecular flexibility index (Phi) is 13.4. The van der Waals surface area contributed by atoms with Crippen LogP contribution < -0.4 is 16.7 Å². The third-order valence-electron chi connectivity index (χ3n) is 17.2. The molecule has 4 atom stereocenters. The molecule has 2 unspecified atom stereocenters. The second-order valence-corrected chi connectivity index (χ2v) is 21.9. The minimum atomic E-state index is -0.676. The van der Waals surface area contributed by atoms with Gasteiger partial charge in [-0.25, -0.2) is 14.4 Å². The summed E-state index contributed by atoms with van der Waals surface area (Å²) in [4.78, 5) is 66.2. The number of imidazole rings is 1. The van der Waals surface area contributed by atoms with Crippen molar-refractivity contribution in [3.8, 4) is 11.1 Å². The van der Waals surface area contributed by atoms with Gasteiger partial charge in [-0.05, 0) is 192 Å². The van der Waals surface area contributed by atoms with Gasteiger partial charge >= 0.3 is 5.69 Å². The third kappa shape index (κ3) is 9.76. The van der Waals surface area contributed by atoms with Crippen molar-refractivity contribution < 1.29 is 19.0 Å². The first kappa shape index (κ1) is 47.8. The van der Waals surface area contributed by atoms with Crippen LogP contribution in [0.5, 0.6) is 0 Å². The molecule has 1 aliphatic carbocycles. The van der Waals surface area contributed by atoms with Crippen molar-refractivity contribution in [3.05, 3.63) is 123 Å². The zero-order valence-electron chi connectivity index (χ0n) is 42.3. The van der Waals surface area contributed by atoms with E-state index in [0.29, 0.717) is 35.9 Å². The van der Waals surface area contributed by atoms with Crippen LogP contribution in [-0.2, 0) is 9.59 Å². The molecule has 6 aromatic rings. The average Bonchev–Trinajstić information content (AvgIpc) is 4.22. The van der Waals surface area contributed by atoms with E-state index in [1.807, 2.05) is 35.2 Å². The number of hydrogen-bond acceptors (Lipinski definition) is 8. The van der Waals surface area contributed by atoms with E-state index in [4.69, 9.17) is 10.7 Å². The Balaban J connectivity index is 0.673. The summed E-state index contributed by atoms with van der Waals surface area (Å²) in [6.07, 6.45) is 17.5. The lowest BCUT2D eigenvalue weighted by molar-refractivity contribution is -0.527. The van der Waals surface area contributed by atoms with E-state index in [2.05, 4.69) is 106 Å². The topological polar surface area (TPSA) is 151 Å². The molecule has 0 bridgehead atoms. The molecule has 13 heteroatoms. The molecule has 4 aliphatic heterocycles. The smallest absolute Gasteiger partial charge is 0.330 e. The number of carbonyl (C=O) groups is 3. The van der Waals surface area contributed by atoms with Crippen LogP contribution in [0.15, 0.2) is 90.0 Å². The third-order valence-corrected chi connectivity index (χ3v) is 17.2. The Morgan fingerprint density at radius 3 is 2.35 bits per heavy atom. The molecule has 5 fully saturated rings. The molecule has 72 heavy (non-hydrogen) atoms. The van der Waals surface area contributed by atoms with Crippen LogP contribution in [0.25, 0.3) is 33.1 Å². The number of piperidine rings is 3. The lowest BCUT2D eigenvalue weighted by atomic mass is 9.81. The van der Waals surface area contributed by atoms with Gasteiger partial charge in [-0.15, -0.1) is 0 Å². The van der Waals surface area contributed by atoms with Crippen LogP contribution in [-0.4, -0.2) is 96.7 Å². The molecular formula is C59H70N9O4+. The molecule has 3 aromatic heterocycles. The van der Waals surface area contributed by atoms with E-state index in [0.717, 1.165) is 135 Å².